The Morgan fingerprint density at radius 3 is 2.26 bits per heavy atom. The summed E-state index contributed by atoms with van der Waals surface area (Å²) in [5, 5.41) is 2.50. The van der Waals surface area contributed by atoms with Gasteiger partial charge >= 0.3 is 6.18 Å². The standard InChI is InChI=1S/C24H20ClF4NO3S/c1-2-12-34(32,33)17-9-6-15(7-10-17)13-22(31)30-16-8-11-18(20(25)14-16)19-4-3-5-21(26)23(19)24(27,28)29/h3-11,14H,2,12-13H2,1H3,(H,30,31). The molecular formula is C24H20ClF4NO3S. The van der Waals surface area contributed by atoms with E-state index in [1.165, 1.54) is 30.3 Å². The molecule has 0 saturated heterocycles. The second-order valence-corrected chi connectivity index (χ2v) is 10.1. The average molecular weight is 514 g/mol. The van der Waals surface area contributed by atoms with Crippen LogP contribution in [0.2, 0.25) is 5.02 Å². The number of hydrogen-bond donors (Lipinski definition) is 1. The fourth-order valence-electron chi connectivity index (χ4n) is 3.44. The molecule has 0 aliphatic rings. The summed E-state index contributed by atoms with van der Waals surface area (Å²) in [5.41, 5.74) is -1.04. The third-order valence-electron chi connectivity index (χ3n) is 4.96. The van der Waals surface area contributed by atoms with Crippen molar-refractivity contribution in [3.8, 4) is 11.1 Å². The molecule has 180 valence electrons. The van der Waals surface area contributed by atoms with E-state index in [0.29, 0.717) is 12.0 Å². The maximum Gasteiger partial charge on any atom is 0.419 e. The summed E-state index contributed by atoms with van der Waals surface area (Å²) in [6.07, 6.45) is -4.48. The molecule has 3 aromatic carbocycles. The van der Waals surface area contributed by atoms with Crippen LogP contribution in [-0.4, -0.2) is 20.1 Å². The molecule has 1 amide bonds. The highest BCUT2D eigenvalue weighted by molar-refractivity contribution is 7.91. The van der Waals surface area contributed by atoms with Crippen LogP contribution in [0.4, 0.5) is 23.2 Å². The van der Waals surface area contributed by atoms with Gasteiger partial charge in [0.15, 0.2) is 9.84 Å². The summed E-state index contributed by atoms with van der Waals surface area (Å²) >= 11 is 6.17. The van der Waals surface area contributed by atoms with Crippen LogP contribution < -0.4 is 5.32 Å². The van der Waals surface area contributed by atoms with E-state index in [1.54, 1.807) is 19.1 Å². The van der Waals surface area contributed by atoms with Gasteiger partial charge in [0.05, 0.1) is 27.7 Å². The molecule has 0 aromatic heterocycles. The number of halogens is 5. The Balaban J connectivity index is 1.76. The summed E-state index contributed by atoms with van der Waals surface area (Å²) in [7, 11) is -3.36. The number of hydrogen-bond acceptors (Lipinski definition) is 3. The molecule has 0 unspecified atom stereocenters. The number of rotatable bonds is 7. The highest BCUT2D eigenvalue weighted by Gasteiger charge is 2.37. The van der Waals surface area contributed by atoms with E-state index in [9.17, 15) is 30.8 Å². The molecular weight excluding hydrogens is 494 g/mol. The van der Waals surface area contributed by atoms with E-state index in [2.05, 4.69) is 5.32 Å². The molecule has 0 bridgehead atoms. The van der Waals surface area contributed by atoms with Gasteiger partial charge in [-0.05, 0) is 47.9 Å². The van der Waals surface area contributed by atoms with E-state index in [1.807, 2.05) is 0 Å². The van der Waals surface area contributed by atoms with Crippen LogP contribution in [-0.2, 0) is 27.2 Å². The fraction of sp³-hybridized carbons (Fsp3) is 0.208. The normalized spacial score (nSPS) is 11.9. The van der Waals surface area contributed by atoms with Gasteiger partial charge in [-0.15, -0.1) is 0 Å². The van der Waals surface area contributed by atoms with Crippen molar-refractivity contribution in [2.75, 3.05) is 11.1 Å². The molecule has 0 aliphatic carbocycles. The quantitative estimate of drug-likeness (QED) is 0.365. The smallest absolute Gasteiger partial charge is 0.326 e. The van der Waals surface area contributed by atoms with Gasteiger partial charge in [-0.25, -0.2) is 12.8 Å². The van der Waals surface area contributed by atoms with Gasteiger partial charge in [0.25, 0.3) is 0 Å². The number of anilines is 1. The highest BCUT2D eigenvalue weighted by atomic mass is 35.5. The molecule has 0 heterocycles. The third kappa shape index (κ3) is 5.95. The zero-order chi connectivity index (χ0) is 25.1. The first-order chi connectivity index (χ1) is 15.9. The second-order valence-electron chi connectivity index (χ2n) is 7.54. The maximum atomic E-state index is 13.9. The van der Waals surface area contributed by atoms with Gasteiger partial charge in [0.1, 0.15) is 5.82 Å². The Morgan fingerprint density at radius 2 is 1.68 bits per heavy atom. The molecule has 0 spiro atoms. The lowest BCUT2D eigenvalue weighted by Gasteiger charge is -2.15. The molecule has 0 aliphatic heterocycles. The van der Waals surface area contributed by atoms with E-state index >= 15 is 0 Å². The summed E-state index contributed by atoms with van der Waals surface area (Å²) in [4.78, 5) is 12.6. The number of carbonyl (C=O) groups is 1. The van der Waals surface area contributed by atoms with Gasteiger partial charge in [0.2, 0.25) is 5.91 Å². The number of benzene rings is 3. The Hall–Kier alpha value is -2.91. The average Bonchev–Trinajstić information content (AvgIpc) is 2.73. The van der Waals surface area contributed by atoms with Crippen molar-refractivity contribution in [2.24, 2.45) is 0 Å². The number of amides is 1. The van der Waals surface area contributed by atoms with Crippen molar-refractivity contribution < 1.29 is 30.8 Å². The topological polar surface area (TPSA) is 63.2 Å². The van der Waals surface area contributed by atoms with Crippen molar-refractivity contribution in [1.82, 2.24) is 0 Å². The molecule has 34 heavy (non-hydrogen) atoms. The van der Waals surface area contributed by atoms with E-state index < -0.39 is 38.9 Å². The van der Waals surface area contributed by atoms with Crippen molar-refractivity contribution in [3.63, 3.8) is 0 Å². The van der Waals surface area contributed by atoms with Gasteiger partial charge in [0, 0.05) is 11.3 Å². The van der Waals surface area contributed by atoms with Crippen LogP contribution >= 0.6 is 11.6 Å². The molecule has 0 atom stereocenters. The Morgan fingerprint density at radius 1 is 1.00 bits per heavy atom. The summed E-state index contributed by atoms with van der Waals surface area (Å²) in [6, 6.07) is 12.9. The summed E-state index contributed by atoms with van der Waals surface area (Å²) in [5.74, 6) is -1.81. The number of sulfone groups is 1. The number of nitrogens with one attached hydrogen (secondary N) is 1. The third-order valence-corrected chi connectivity index (χ3v) is 7.21. The minimum absolute atomic E-state index is 0.0314. The first kappa shape index (κ1) is 25.7. The maximum absolute atomic E-state index is 13.9. The molecule has 4 nitrogen and oxygen atoms in total. The lowest BCUT2D eigenvalue weighted by molar-refractivity contribution is -0.139. The van der Waals surface area contributed by atoms with Crippen molar-refractivity contribution in [2.45, 2.75) is 30.8 Å². The lowest BCUT2D eigenvalue weighted by Crippen LogP contribution is -2.14. The van der Waals surface area contributed by atoms with Crippen molar-refractivity contribution in [3.05, 3.63) is 82.6 Å². The molecule has 3 rings (SSSR count). The molecule has 0 saturated carbocycles. The minimum Gasteiger partial charge on any atom is -0.326 e. The van der Waals surface area contributed by atoms with E-state index in [4.69, 9.17) is 11.6 Å². The molecule has 1 N–H and O–H groups in total. The lowest BCUT2D eigenvalue weighted by atomic mass is 9.98. The first-order valence-electron chi connectivity index (χ1n) is 10.2. The largest absolute Gasteiger partial charge is 0.419 e. The molecule has 3 aromatic rings. The SMILES string of the molecule is CCCS(=O)(=O)c1ccc(CC(=O)Nc2ccc(-c3cccc(F)c3C(F)(F)F)c(Cl)c2)cc1. The number of carbonyl (C=O) groups excluding carboxylic acids is 1. The van der Waals surface area contributed by atoms with Gasteiger partial charge in [-0.3, -0.25) is 4.79 Å². The predicted molar refractivity (Wildman–Crippen MR) is 123 cm³/mol. The Labute approximate surface area is 199 Å². The van der Waals surface area contributed by atoms with Crippen LogP contribution in [0.1, 0.15) is 24.5 Å². The molecule has 0 fully saturated rings. The predicted octanol–water partition coefficient (Wildman–Crippen LogP) is 6.53. The summed E-state index contributed by atoms with van der Waals surface area (Å²) < 4.78 is 78.1. The van der Waals surface area contributed by atoms with E-state index in [0.717, 1.165) is 18.2 Å². The van der Waals surface area contributed by atoms with Gasteiger partial charge < -0.3 is 5.32 Å². The number of alkyl halides is 3. The van der Waals surface area contributed by atoms with Crippen LogP contribution in [0.3, 0.4) is 0 Å². The highest BCUT2D eigenvalue weighted by Crippen LogP contribution is 2.41. The van der Waals surface area contributed by atoms with Gasteiger partial charge in [-0.1, -0.05) is 48.9 Å². The molecule has 0 radical (unpaired) electrons. The van der Waals surface area contributed by atoms with Crippen LogP contribution in [0.25, 0.3) is 11.1 Å². The zero-order valence-corrected chi connectivity index (χ0v) is 19.5. The second kappa shape index (κ2) is 10.1. The molecule has 10 heteroatoms. The zero-order valence-electron chi connectivity index (χ0n) is 17.9. The first-order valence-corrected chi connectivity index (χ1v) is 12.2. The minimum atomic E-state index is -4.91. The van der Waals surface area contributed by atoms with Crippen molar-refractivity contribution in [1.29, 1.82) is 0 Å². The Bertz CT molecular complexity index is 1310. The van der Waals surface area contributed by atoms with Crippen LogP contribution in [0.15, 0.2) is 65.6 Å². The fourth-order valence-corrected chi connectivity index (χ4v) is 5.05. The summed E-state index contributed by atoms with van der Waals surface area (Å²) in [6.45, 7) is 1.77. The van der Waals surface area contributed by atoms with Crippen molar-refractivity contribution >= 4 is 33.0 Å². The van der Waals surface area contributed by atoms with E-state index in [-0.39, 0.29) is 33.3 Å². The monoisotopic (exact) mass is 513 g/mol. The van der Waals surface area contributed by atoms with Crippen LogP contribution in [0.5, 0.6) is 0 Å². The van der Waals surface area contributed by atoms with Crippen LogP contribution in [0, 0.1) is 5.82 Å². The Kier molecular flexibility index (Phi) is 7.67. The van der Waals surface area contributed by atoms with Gasteiger partial charge in [-0.2, -0.15) is 13.2 Å².